The van der Waals surface area contributed by atoms with Crippen LogP contribution in [-0.4, -0.2) is 14.5 Å². The van der Waals surface area contributed by atoms with Crippen molar-refractivity contribution in [2.75, 3.05) is 0 Å². The van der Waals surface area contributed by atoms with Crippen molar-refractivity contribution in [3.63, 3.8) is 0 Å². The quantitative estimate of drug-likeness (QED) is 0.720. The van der Waals surface area contributed by atoms with Crippen LogP contribution < -0.4 is 5.32 Å². The van der Waals surface area contributed by atoms with E-state index in [1.165, 1.54) is 16.9 Å². The van der Waals surface area contributed by atoms with Crippen LogP contribution in [0.4, 0.5) is 0 Å². The van der Waals surface area contributed by atoms with Gasteiger partial charge < -0.3 is 9.73 Å². The fraction of sp³-hybridized carbons (Fsp3) is 0.400. The minimum Gasteiger partial charge on any atom is -0.449 e. The number of aromatic nitrogens is 3. The Morgan fingerprint density at radius 1 is 1.08 bits per heavy atom. The fourth-order valence-electron chi connectivity index (χ4n) is 4.39. The highest BCUT2D eigenvalue weighted by Gasteiger charge is 2.29. The van der Waals surface area contributed by atoms with E-state index in [0.717, 1.165) is 55.5 Å². The molecular formula is C20H21ClN4O. The summed E-state index contributed by atoms with van der Waals surface area (Å²) in [6.07, 6.45) is 9.97. The third-order valence-corrected chi connectivity index (χ3v) is 5.92. The van der Waals surface area contributed by atoms with Crippen molar-refractivity contribution in [3.05, 3.63) is 64.9 Å². The maximum absolute atomic E-state index is 6.22. The molecule has 0 unspecified atom stereocenters. The molecule has 1 N–H and O–H groups in total. The number of oxazole rings is 1. The second kappa shape index (κ2) is 6.56. The second-order valence-corrected chi connectivity index (χ2v) is 7.67. The molecule has 0 spiro atoms. The number of imidazole rings is 1. The summed E-state index contributed by atoms with van der Waals surface area (Å²) in [5.74, 6) is 2.93. The van der Waals surface area contributed by atoms with E-state index in [1.807, 2.05) is 6.07 Å². The van der Waals surface area contributed by atoms with Crippen LogP contribution in [0.1, 0.15) is 60.5 Å². The van der Waals surface area contributed by atoms with Crippen LogP contribution in [0.25, 0.3) is 5.69 Å². The molecule has 1 aliphatic carbocycles. The number of halogens is 1. The first-order valence-electron chi connectivity index (χ1n) is 9.25. The molecule has 1 aromatic carbocycles. The third kappa shape index (κ3) is 2.75. The lowest BCUT2D eigenvalue weighted by Crippen LogP contribution is -2.16. The second-order valence-electron chi connectivity index (χ2n) is 7.23. The lowest BCUT2D eigenvalue weighted by atomic mass is 9.80. The van der Waals surface area contributed by atoms with Crippen molar-refractivity contribution in [1.29, 1.82) is 0 Å². The van der Waals surface area contributed by atoms with Gasteiger partial charge in [-0.15, -0.1) is 0 Å². The summed E-state index contributed by atoms with van der Waals surface area (Å²) in [4.78, 5) is 9.06. The Labute approximate surface area is 157 Å². The third-order valence-electron chi connectivity index (χ3n) is 5.69. The maximum atomic E-state index is 6.22. The van der Waals surface area contributed by atoms with Gasteiger partial charge in [0, 0.05) is 35.3 Å². The predicted molar refractivity (Wildman–Crippen MR) is 99.6 cm³/mol. The van der Waals surface area contributed by atoms with Gasteiger partial charge in [0.1, 0.15) is 12.1 Å². The number of fused-ring (bicyclic) bond motifs is 3. The Morgan fingerprint density at radius 3 is 2.73 bits per heavy atom. The van der Waals surface area contributed by atoms with Gasteiger partial charge in [0.05, 0.1) is 18.4 Å². The molecule has 3 aromatic rings. The molecule has 6 heteroatoms. The molecular weight excluding hydrogens is 348 g/mol. The largest absolute Gasteiger partial charge is 0.449 e. The molecule has 5 nitrogen and oxygen atoms in total. The Hall–Kier alpha value is -2.11. The summed E-state index contributed by atoms with van der Waals surface area (Å²) in [5.41, 5.74) is 3.75. The molecule has 1 saturated carbocycles. The average Bonchev–Trinajstić information content (AvgIpc) is 3.30. The van der Waals surface area contributed by atoms with Crippen molar-refractivity contribution in [1.82, 2.24) is 19.9 Å². The molecule has 5 rings (SSSR count). The van der Waals surface area contributed by atoms with E-state index in [-0.39, 0.29) is 0 Å². The first-order chi connectivity index (χ1) is 12.8. The number of nitrogens with one attached hydrogen (secondary N) is 1. The predicted octanol–water partition coefficient (Wildman–Crippen LogP) is 4.56. The summed E-state index contributed by atoms with van der Waals surface area (Å²) < 4.78 is 7.86. The topological polar surface area (TPSA) is 55.9 Å². The van der Waals surface area contributed by atoms with Gasteiger partial charge in [-0.25, -0.2) is 9.97 Å². The minimum atomic E-state index is 0.445. The molecule has 26 heavy (non-hydrogen) atoms. The summed E-state index contributed by atoms with van der Waals surface area (Å²) >= 11 is 6.22. The maximum Gasteiger partial charge on any atom is 0.197 e. The summed E-state index contributed by atoms with van der Waals surface area (Å²) in [7, 11) is 0. The van der Waals surface area contributed by atoms with Crippen LogP contribution >= 0.6 is 11.6 Å². The standard InChI is InChI=1S/C20H21ClN4O/c21-16-5-6-17-15(9-16)10-22-12-19-24-11-18(25(17)19)13-1-3-14(4-2-13)20-23-7-8-26-20/h5-9,11,13-14,22H,1-4,10,12H2/t13-,14-. The van der Waals surface area contributed by atoms with Crippen LogP contribution in [0.5, 0.6) is 0 Å². The zero-order chi connectivity index (χ0) is 17.5. The van der Waals surface area contributed by atoms with Crippen molar-refractivity contribution in [2.45, 2.75) is 50.6 Å². The zero-order valence-corrected chi connectivity index (χ0v) is 15.2. The molecule has 0 atom stereocenters. The van der Waals surface area contributed by atoms with E-state index in [4.69, 9.17) is 21.0 Å². The highest BCUT2D eigenvalue weighted by molar-refractivity contribution is 6.30. The van der Waals surface area contributed by atoms with Crippen molar-refractivity contribution in [3.8, 4) is 5.69 Å². The number of hydrogen-bond acceptors (Lipinski definition) is 4. The molecule has 1 aliphatic heterocycles. The first kappa shape index (κ1) is 16.1. The van der Waals surface area contributed by atoms with Gasteiger partial charge in [0.15, 0.2) is 5.89 Å². The molecule has 3 heterocycles. The highest BCUT2D eigenvalue weighted by Crippen LogP contribution is 2.41. The summed E-state index contributed by atoms with van der Waals surface area (Å²) in [5, 5.41) is 4.25. The van der Waals surface area contributed by atoms with E-state index >= 15 is 0 Å². The van der Waals surface area contributed by atoms with Crippen LogP contribution in [0.15, 0.2) is 41.3 Å². The minimum absolute atomic E-state index is 0.445. The Morgan fingerprint density at radius 2 is 1.92 bits per heavy atom. The SMILES string of the molecule is Clc1ccc2c(c1)CNCc1ncc([C@H]3CC[C@H](c4ncco4)CC3)n1-2. The molecule has 0 amide bonds. The van der Waals surface area contributed by atoms with Crippen LogP contribution in [-0.2, 0) is 13.1 Å². The Bertz CT molecular complexity index is 910. The molecule has 2 aliphatic rings. The van der Waals surface area contributed by atoms with Gasteiger partial charge in [-0.3, -0.25) is 4.57 Å². The smallest absolute Gasteiger partial charge is 0.197 e. The normalized spacial score (nSPS) is 22.5. The van der Waals surface area contributed by atoms with E-state index in [1.54, 1.807) is 12.5 Å². The van der Waals surface area contributed by atoms with Gasteiger partial charge in [0.2, 0.25) is 0 Å². The number of hydrogen-bond donors (Lipinski definition) is 1. The monoisotopic (exact) mass is 368 g/mol. The van der Waals surface area contributed by atoms with E-state index in [0.29, 0.717) is 11.8 Å². The zero-order valence-electron chi connectivity index (χ0n) is 14.5. The molecule has 1 fully saturated rings. The van der Waals surface area contributed by atoms with Gasteiger partial charge >= 0.3 is 0 Å². The van der Waals surface area contributed by atoms with E-state index < -0.39 is 0 Å². The van der Waals surface area contributed by atoms with Gasteiger partial charge in [-0.1, -0.05) is 11.6 Å². The van der Waals surface area contributed by atoms with Crippen LogP contribution in [0.3, 0.4) is 0 Å². The molecule has 0 radical (unpaired) electrons. The van der Waals surface area contributed by atoms with Gasteiger partial charge in [-0.2, -0.15) is 0 Å². The lowest BCUT2D eigenvalue weighted by molar-refractivity contribution is 0.334. The highest BCUT2D eigenvalue weighted by atomic mass is 35.5. The average molecular weight is 369 g/mol. The number of nitrogens with zero attached hydrogens (tertiary/aromatic N) is 3. The van der Waals surface area contributed by atoms with E-state index in [9.17, 15) is 0 Å². The number of benzene rings is 1. The van der Waals surface area contributed by atoms with Gasteiger partial charge in [0.25, 0.3) is 0 Å². The van der Waals surface area contributed by atoms with Crippen molar-refractivity contribution >= 4 is 11.6 Å². The molecule has 0 bridgehead atoms. The molecule has 134 valence electrons. The molecule has 0 saturated heterocycles. The van der Waals surface area contributed by atoms with E-state index in [2.05, 4.69) is 33.2 Å². The number of rotatable bonds is 2. The fourth-order valence-corrected chi connectivity index (χ4v) is 4.59. The Kier molecular flexibility index (Phi) is 4.06. The lowest BCUT2D eigenvalue weighted by Gasteiger charge is -2.28. The molecule has 2 aromatic heterocycles. The Balaban J connectivity index is 1.46. The summed E-state index contributed by atoms with van der Waals surface area (Å²) in [6, 6.07) is 6.15. The van der Waals surface area contributed by atoms with Crippen molar-refractivity contribution in [2.24, 2.45) is 0 Å². The summed E-state index contributed by atoms with van der Waals surface area (Å²) in [6.45, 7) is 1.59. The van der Waals surface area contributed by atoms with Crippen LogP contribution in [0, 0.1) is 0 Å². The van der Waals surface area contributed by atoms with Gasteiger partial charge in [-0.05, 0) is 49.4 Å². The van der Waals surface area contributed by atoms with Crippen molar-refractivity contribution < 1.29 is 4.42 Å². The first-order valence-corrected chi connectivity index (χ1v) is 9.63. The van der Waals surface area contributed by atoms with Crippen LogP contribution in [0.2, 0.25) is 5.02 Å².